The van der Waals surface area contributed by atoms with E-state index in [9.17, 15) is 14.4 Å². The molecule has 0 saturated heterocycles. The first-order valence-electron chi connectivity index (χ1n) is 10.1. The van der Waals surface area contributed by atoms with Gasteiger partial charge in [-0.1, -0.05) is 31.2 Å². The second-order valence-electron chi connectivity index (χ2n) is 6.59. The summed E-state index contributed by atoms with van der Waals surface area (Å²) in [6.45, 7) is 2.17. The van der Waals surface area contributed by atoms with Crippen LogP contribution in [-0.4, -0.2) is 50.9 Å². The maximum atomic E-state index is 11.8. The first-order chi connectivity index (χ1) is 15.5. The lowest BCUT2D eigenvalue weighted by Gasteiger charge is -2.18. The Kier molecular flexibility index (Phi) is 13.5. The highest BCUT2D eigenvalue weighted by Crippen LogP contribution is 2.23. The Balaban J connectivity index is 0.00000118. The largest absolute Gasteiger partial charge is 0.497 e. The quantitative estimate of drug-likeness (QED) is 0.483. The van der Waals surface area contributed by atoms with E-state index in [1.54, 1.807) is 14.2 Å². The first kappa shape index (κ1) is 27.2. The zero-order valence-electron chi connectivity index (χ0n) is 18.9. The van der Waals surface area contributed by atoms with Crippen molar-refractivity contribution < 1.29 is 28.6 Å². The maximum absolute atomic E-state index is 11.8. The van der Waals surface area contributed by atoms with Crippen molar-refractivity contribution in [1.82, 2.24) is 5.32 Å². The minimum absolute atomic E-state index is 0.220. The number of thioether (sulfide) groups is 1. The average Bonchev–Trinajstić information content (AvgIpc) is 2.84. The summed E-state index contributed by atoms with van der Waals surface area (Å²) in [6.07, 6.45) is 4.08. The third kappa shape index (κ3) is 9.53. The Labute approximate surface area is 193 Å². The van der Waals surface area contributed by atoms with Crippen LogP contribution in [0.15, 0.2) is 48.5 Å². The molecule has 0 saturated carbocycles. The smallest absolute Gasteiger partial charge is 0.239 e. The van der Waals surface area contributed by atoms with Crippen LogP contribution in [0.25, 0.3) is 0 Å². The number of nitrogens with one attached hydrogen (secondary N) is 1. The third-order valence-corrected chi connectivity index (χ3v) is 5.39. The van der Waals surface area contributed by atoms with Crippen LogP contribution >= 0.6 is 11.8 Å². The van der Waals surface area contributed by atoms with Crippen molar-refractivity contribution in [2.24, 2.45) is 0 Å². The van der Waals surface area contributed by atoms with Crippen molar-refractivity contribution in [3.05, 3.63) is 59.7 Å². The van der Waals surface area contributed by atoms with Gasteiger partial charge in [-0.25, -0.2) is 0 Å². The number of carbonyl (C=O) groups is 3. The fourth-order valence-electron chi connectivity index (χ4n) is 2.68. The van der Waals surface area contributed by atoms with E-state index in [0.717, 1.165) is 23.2 Å². The van der Waals surface area contributed by atoms with Gasteiger partial charge in [0, 0.05) is 13.5 Å². The molecule has 2 rings (SSSR count). The van der Waals surface area contributed by atoms with Gasteiger partial charge in [0.25, 0.3) is 0 Å². The molecule has 0 aliphatic heterocycles. The molecule has 2 unspecified atom stereocenters. The molecule has 7 nitrogen and oxygen atoms in total. The van der Waals surface area contributed by atoms with Crippen LogP contribution in [0.4, 0.5) is 0 Å². The van der Waals surface area contributed by atoms with Crippen LogP contribution in [-0.2, 0) is 25.5 Å². The van der Waals surface area contributed by atoms with Crippen LogP contribution in [0.3, 0.4) is 0 Å². The Bertz CT molecular complexity index is 827. The fourth-order valence-corrected chi connectivity index (χ4v) is 3.33. The van der Waals surface area contributed by atoms with Gasteiger partial charge in [0.15, 0.2) is 0 Å². The molecule has 1 N–H and O–H groups in total. The molecule has 2 aromatic rings. The van der Waals surface area contributed by atoms with E-state index >= 15 is 0 Å². The van der Waals surface area contributed by atoms with Gasteiger partial charge in [-0.2, -0.15) is 11.8 Å². The molecule has 2 atom stereocenters. The Hall–Kier alpha value is -2.84. The molecule has 8 heteroatoms. The molecular formula is C24H31NO6S. The SMILES string of the molecule is CCC=O.COc1cccc(C(COc2ccc(CC(SC)C(=O)NC=O)cc2)OC)c1. The van der Waals surface area contributed by atoms with Crippen LogP contribution in [0.1, 0.15) is 30.6 Å². The molecule has 174 valence electrons. The van der Waals surface area contributed by atoms with Crippen LogP contribution < -0.4 is 14.8 Å². The van der Waals surface area contributed by atoms with Gasteiger partial charge in [-0.05, 0) is 48.1 Å². The predicted molar refractivity (Wildman–Crippen MR) is 126 cm³/mol. The van der Waals surface area contributed by atoms with Crippen molar-refractivity contribution >= 4 is 30.4 Å². The summed E-state index contributed by atoms with van der Waals surface area (Å²) in [5, 5.41) is 1.89. The lowest BCUT2D eigenvalue weighted by molar-refractivity contribution is -0.124. The Morgan fingerprint density at radius 1 is 1.09 bits per heavy atom. The number of carbonyl (C=O) groups excluding carboxylic acids is 3. The predicted octanol–water partition coefficient (Wildman–Crippen LogP) is 3.60. The van der Waals surface area contributed by atoms with Crippen molar-refractivity contribution in [1.29, 1.82) is 0 Å². The average molecular weight is 462 g/mol. The number of benzene rings is 2. The lowest BCUT2D eigenvalue weighted by Crippen LogP contribution is -2.32. The summed E-state index contributed by atoms with van der Waals surface area (Å²) in [7, 11) is 3.27. The molecule has 0 radical (unpaired) electrons. The summed E-state index contributed by atoms with van der Waals surface area (Å²) in [5.74, 6) is 1.20. The molecule has 2 amide bonds. The summed E-state index contributed by atoms with van der Waals surface area (Å²) >= 11 is 1.41. The van der Waals surface area contributed by atoms with E-state index in [1.807, 2.05) is 61.7 Å². The standard InChI is InChI=1S/C21H25NO5S.C3H6O/c1-25-18-6-4-5-16(12-18)19(26-2)13-27-17-9-7-15(8-10-17)11-20(28-3)21(24)22-14-23;1-2-3-4/h4-10,12,14,19-20H,11,13H2,1-3H3,(H,22,23,24);3H,2H2,1H3. The molecular weight excluding hydrogens is 430 g/mol. The monoisotopic (exact) mass is 461 g/mol. The number of methoxy groups -OCH3 is 2. The van der Waals surface area contributed by atoms with E-state index in [0.29, 0.717) is 31.6 Å². The summed E-state index contributed by atoms with van der Waals surface area (Å²) < 4.78 is 16.7. The second-order valence-corrected chi connectivity index (χ2v) is 7.63. The van der Waals surface area contributed by atoms with Crippen LogP contribution in [0.2, 0.25) is 0 Å². The zero-order chi connectivity index (χ0) is 23.8. The molecule has 0 bridgehead atoms. The second kappa shape index (κ2) is 15.9. The van der Waals surface area contributed by atoms with Gasteiger partial charge < -0.3 is 19.0 Å². The minimum atomic E-state index is -0.317. The molecule has 0 heterocycles. The van der Waals surface area contributed by atoms with Gasteiger partial charge in [0.2, 0.25) is 12.3 Å². The third-order valence-electron chi connectivity index (χ3n) is 4.44. The zero-order valence-corrected chi connectivity index (χ0v) is 19.7. The van der Waals surface area contributed by atoms with Crippen LogP contribution in [0.5, 0.6) is 11.5 Å². The topological polar surface area (TPSA) is 90.9 Å². The fraction of sp³-hybridized carbons (Fsp3) is 0.375. The Morgan fingerprint density at radius 3 is 2.31 bits per heavy atom. The number of rotatable bonds is 12. The highest BCUT2D eigenvalue weighted by molar-refractivity contribution is 7.99. The van der Waals surface area contributed by atoms with Gasteiger partial charge in [0.05, 0.1) is 12.4 Å². The van der Waals surface area contributed by atoms with Gasteiger partial charge in [-0.3, -0.25) is 14.9 Å². The highest BCUT2D eigenvalue weighted by Gasteiger charge is 2.17. The van der Waals surface area contributed by atoms with Crippen molar-refractivity contribution in [2.45, 2.75) is 31.1 Å². The normalized spacial score (nSPS) is 11.9. The number of imide groups is 1. The molecule has 0 spiro atoms. The summed E-state index contributed by atoms with van der Waals surface area (Å²) in [4.78, 5) is 31.4. The summed E-state index contributed by atoms with van der Waals surface area (Å²) in [5.41, 5.74) is 1.96. The maximum Gasteiger partial charge on any atom is 0.239 e. The molecule has 0 fully saturated rings. The van der Waals surface area contributed by atoms with E-state index in [4.69, 9.17) is 14.2 Å². The number of hydrogen-bond acceptors (Lipinski definition) is 7. The summed E-state index contributed by atoms with van der Waals surface area (Å²) in [6, 6.07) is 15.3. The highest BCUT2D eigenvalue weighted by atomic mass is 32.2. The van der Waals surface area contributed by atoms with Crippen molar-refractivity contribution in [2.75, 3.05) is 27.1 Å². The number of amides is 2. The van der Waals surface area contributed by atoms with E-state index in [1.165, 1.54) is 11.8 Å². The molecule has 0 aliphatic rings. The molecule has 0 aromatic heterocycles. The van der Waals surface area contributed by atoms with Crippen LogP contribution in [0, 0.1) is 0 Å². The number of hydrogen-bond donors (Lipinski definition) is 1. The van der Waals surface area contributed by atoms with E-state index < -0.39 is 0 Å². The lowest BCUT2D eigenvalue weighted by atomic mass is 10.1. The van der Waals surface area contributed by atoms with E-state index in [2.05, 4.69) is 5.32 Å². The number of aldehydes is 1. The van der Waals surface area contributed by atoms with Gasteiger partial charge in [0.1, 0.15) is 30.5 Å². The molecule has 2 aromatic carbocycles. The Morgan fingerprint density at radius 2 is 1.78 bits per heavy atom. The number of ether oxygens (including phenoxy) is 3. The van der Waals surface area contributed by atoms with Gasteiger partial charge >= 0.3 is 0 Å². The minimum Gasteiger partial charge on any atom is -0.497 e. The van der Waals surface area contributed by atoms with Crippen molar-refractivity contribution in [3.8, 4) is 11.5 Å². The molecule has 32 heavy (non-hydrogen) atoms. The van der Waals surface area contributed by atoms with Gasteiger partial charge in [-0.15, -0.1) is 0 Å². The van der Waals surface area contributed by atoms with Crippen molar-refractivity contribution in [3.63, 3.8) is 0 Å². The molecule has 0 aliphatic carbocycles. The first-order valence-corrected chi connectivity index (χ1v) is 11.4. The van der Waals surface area contributed by atoms with E-state index in [-0.39, 0.29) is 17.3 Å².